The Bertz CT molecular complexity index is 850. The topological polar surface area (TPSA) is 39.9 Å². The third kappa shape index (κ3) is 4.87. The molecule has 4 unspecified atom stereocenters. The highest BCUT2D eigenvalue weighted by Gasteiger charge is 2.60. The van der Waals surface area contributed by atoms with Crippen LogP contribution in [0.25, 0.3) is 0 Å². The van der Waals surface area contributed by atoms with Crippen LogP contribution in [0.4, 0.5) is 0 Å². The standard InChI is InChI=1S/C31H53N3O/c1-21(2)8-7-9-22(3)27-12-13-28-26-11-10-23-18-25(35-20-24-19-34(6)33-32-24)14-16-30(23,4)29(26)15-17-31(27,28)5/h19,21-23,25-29H,7-18,20H2,1-6H3/t22-,23?,25+,26?,27-,28?,29?,30+,31-/m1/s1. The van der Waals surface area contributed by atoms with Gasteiger partial charge in [0.15, 0.2) is 0 Å². The number of ether oxygens (including phenoxy) is 1. The van der Waals surface area contributed by atoms with Crippen molar-refractivity contribution in [1.82, 2.24) is 15.0 Å². The maximum atomic E-state index is 6.37. The van der Waals surface area contributed by atoms with Gasteiger partial charge in [0.25, 0.3) is 0 Å². The fourth-order valence-electron chi connectivity index (χ4n) is 10.1. The molecule has 4 saturated carbocycles. The second kappa shape index (κ2) is 10.1. The maximum Gasteiger partial charge on any atom is 0.108 e. The van der Waals surface area contributed by atoms with Gasteiger partial charge in [0.1, 0.15) is 5.69 Å². The summed E-state index contributed by atoms with van der Waals surface area (Å²) in [5.41, 5.74) is 2.11. The Hall–Kier alpha value is -0.900. The zero-order chi connectivity index (χ0) is 24.8. The molecule has 0 amide bonds. The quantitative estimate of drug-likeness (QED) is 0.378. The molecule has 0 radical (unpaired) electrons. The summed E-state index contributed by atoms with van der Waals surface area (Å²) in [4.78, 5) is 0. The Kier molecular flexibility index (Phi) is 7.43. The maximum absolute atomic E-state index is 6.37. The van der Waals surface area contributed by atoms with Crippen LogP contribution in [0.15, 0.2) is 6.20 Å². The summed E-state index contributed by atoms with van der Waals surface area (Å²) < 4.78 is 8.14. The molecule has 0 saturated heterocycles. The van der Waals surface area contributed by atoms with Gasteiger partial charge in [0.05, 0.1) is 18.9 Å². The molecule has 0 aliphatic heterocycles. The molecule has 4 aliphatic rings. The van der Waals surface area contributed by atoms with Crippen molar-refractivity contribution in [2.45, 2.75) is 124 Å². The fraction of sp³-hybridized carbons (Fsp3) is 0.935. The van der Waals surface area contributed by atoms with Crippen molar-refractivity contribution < 1.29 is 4.74 Å². The number of fused-ring (bicyclic) bond motifs is 5. The Balaban J connectivity index is 1.20. The number of aryl methyl sites for hydroxylation is 1. The second-order valence-corrected chi connectivity index (χ2v) is 14.3. The van der Waals surface area contributed by atoms with E-state index in [4.69, 9.17) is 4.74 Å². The summed E-state index contributed by atoms with van der Waals surface area (Å²) in [5, 5.41) is 8.27. The lowest BCUT2D eigenvalue weighted by Gasteiger charge is -2.61. The van der Waals surface area contributed by atoms with Crippen molar-refractivity contribution in [3.05, 3.63) is 11.9 Å². The minimum absolute atomic E-state index is 0.406. The molecule has 9 atom stereocenters. The van der Waals surface area contributed by atoms with Gasteiger partial charge >= 0.3 is 0 Å². The predicted octanol–water partition coefficient (Wildman–Crippen LogP) is 7.82. The molecule has 4 heteroatoms. The van der Waals surface area contributed by atoms with E-state index in [0.717, 1.165) is 47.1 Å². The van der Waals surface area contributed by atoms with Crippen LogP contribution >= 0.6 is 0 Å². The molecule has 1 aromatic rings. The van der Waals surface area contributed by atoms with Gasteiger partial charge < -0.3 is 4.74 Å². The average Bonchev–Trinajstić information content (AvgIpc) is 3.39. The summed E-state index contributed by atoms with van der Waals surface area (Å²) in [5.74, 6) is 6.51. The number of rotatable bonds is 8. The van der Waals surface area contributed by atoms with Gasteiger partial charge in [-0.1, -0.05) is 59.1 Å². The summed E-state index contributed by atoms with van der Waals surface area (Å²) in [6.45, 7) is 13.4. The van der Waals surface area contributed by atoms with Crippen LogP contribution in [0, 0.1) is 52.3 Å². The SMILES string of the molecule is CC(C)CCC[C@@H](C)[C@H]1CCC2C3CCC4C[C@@H](OCc5cn(C)nn5)CC[C@]4(C)C3CC[C@@]21C. The summed E-state index contributed by atoms with van der Waals surface area (Å²) >= 11 is 0. The van der Waals surface area contributed by atoms with E-state index >= 15 is 0 Å². The van der Waals surface area contributed by atoms with Crippen LogP contribution in [0.2, 0.25) is 0 Å². The zero-order valence-corrected chi connectivity index (χ0v) is 23.6. The van der Waals surface area contributed by atoms with Gasteiger partial charge in [-0.05, 0) is 110 Å². The lowest BCUT2D eigenvalue weighted by Crippen LogP contribution is -2.54. The first-order valence-corrected chi connectivity index (χ1v) is 15.2. The van der Waals surface area contributed by atoms with Crippen LogP contribution in [-0.2, 0) is 18.4 Å². The third-order valence-electron chi connectivity index (χ3n) is 11.9. The van der Waals surface area contributed by atoms with E-state index in [1.807, 2.05) is 13.2 Å². The van der Waals surface area contributed by atoms with E-state index in [2.05, 4.69) is 44.9 Å². The molecule has 4 nitrogen and oxygen atoms in total. The summed E-state index contributed by atoms with van der Waals surface area (Å²) in [7, 11) is 1.93. The largest absolute Gasteiger partial charge is 0.372 e. The lowest BCUT2D eigenvalue weighted by atomic mass is 9.44. The van der Waals surface area contributed by atoms with Crippen molar-refractivity contribution in [3.63, 3.8) is 0 Å². The first-order valence-electron chi connectivity index (χ1n) is 15.2. The van der Waals surface area contributed by atoms with Crippen molar-refractivity contribution in [2.75, 3.05) is 0 Å². The minimum Gasteiger partial charge on any atom is -0.372 e. The van der Waals surface area contributed by atoms with E-state index in [9.17, 15) is 0 Å². The lowest BCUT2D eigenvalue weighted by molar-refractivity contribution is -0.138. The fourth-order valence-corrected chi connectivity index (χ4v) is 10.1. The first-order chi connectivity index (χ1) is 16.7. The number of aromatic nitrogens is 3. The number of hydrogen-bond acceptors (Lipinski definition) is 3. The van der Waals surface area contributed by atoms with Gasteiger partial charge in [-0.2, -0.15) is 0 Å². The predicted molar refractivity (Wildman–Crippen MR) is 143 cm³/mol. The smallest absolute Gasteiger partial charge is 0.108 e. The molecule has 0 N–H and O–H groups in total. The summed E-state index contributed by atoms with van der Waals surface area (Å²) in [6.07, 6.45) is 19.5. The van der Waals surface area contributed by atoms with Crippen LogP contribution in [0.3, 0.4) is 0 Å². The molecule has 1 aromatic heterocycles. The average molecular weight is 484 g/mol. The highest BCUT2D eigenvalue weighted by atomic mass is 16.5. The Morgan fingerprint density at radius 3 is 2.49 bits per heavy atom. The van der Waals surface area contributed by atoms with Crippen LogP contribution < -0.4 is 0 Å². The van der Waals surface area contributed by atoms with Gasteiger partial charge in [0.2, 0.25) is 0 Å². The number of nitrogens with zero attached hydrogens (tertiary/aromatic N) is 3. The summed E-state index contributed by atoms with van der Waals surface area (Å²) in [6, 6.07) is 0. The Morgan fingerprint density at radius 2 is 1.74 bits per heavy atom. The van der Waals surface area contributed by atoms with E-state index < -0.39 is 0 Å². The molecule has 0 bridgehead atoms. The van der Waals surface area contributed by atoms with Crippen molar-refractivity contribution in [3.8, 4) is 0 Å². The molecule has 0 spiro atoms. The van der Waals surface area contributed by atoms with Crippen LogP contribution in [-0.4, -0.2) is 21.1 Å². The van der Waals surface area contributed by atoms with Crippen LogP contribution in [0.5, 0.6) is 0 Å². The van der Waals surface area contributed by atoms with E-state index in [1.165, 1.54) is 77.0 Å². The molecule has 5 rings (SSSR count). The van der Waals surface area contributed by atoms with Crippen LogP contribution in [0.1, 0.15) is 117 Å². The van der Waals surface area contributed by atoms with Gasteiger partial charge in [-0.3, -0.25) is 4.68 Å². The zero-order valence-electron chi connectivity index (χ0n) is 23.6. The second-order valence-electron chi connectivity index (χ2n) is 14.3. The molecule has 35 heavy (non-hydrogen) atoms. The highest BCUT2D eigenvalue weighted by molar-refractivity contribution is 5.09. The molecule has 4 fully saturated rings. The Labute approximate surface area is 215 Å². The molecule has 1 heterocycles. The third-order valence-corrected chi connectivity index (χ3v) is 11.9. The van der Waals surface area contributed by atoms with Gasteiger partial charge in [-0.15, -0.1) is 5.10 Å². The van der Waals surface area contributed by atoms with Gasteiger partial charge in [0, 0.05) is 7.05 Å². The van der Waals surface area contributed by atoms with E-state index in [0.29, 0.717) is 23.5 Å². The first kappa shape index (κ1) is 25.7. The molecule has 4 aliphatic carbocycles. The number of hydrogen-bond donors (Lipinski definition) is 0. The van der Waals surface area contributed by atoms with E-state index in [1.54, 1.807) is 4.68 Å². The van der Waals surface area contributed by atoms with E-state index in [-0.39, 0.29) is 0 Å². The Morgan fingerprint density at radius 1 is 0.971 bits per heavy atom. The monoisotopic (exact) mass is 483 g/mol. The minimum atomic E-state index is 0.406. The molecule has 198 valence electrons. The molecular weight excluding hydrogens is 430 g/mol. The normalized spacial score (nSPS) is 41.9. The molecule has 0 aromatic carbocycles. The van der Waals surface area contributed by atoms with Crippen molar-refractivity contribution >= 4 is 0 Å². The van der Waals surface area contributed by atoms with Gasteiger partial charge in [-0.25, -0.2) is 0 Å². The van der Waals surface area contributed by atoms with Crippen molar-refractivity contribution in [1.29, 1.82) is 0 Å². The molecular formula is C31H53N3O. The van der Waals surface area contributed by atoms with Crippen molar-refractivity contribution in [2.24, 2.45) is 59.3 Å². The highest BCUT2D eigenvalue weighted by Crippen LogP contribution is 2.68.